The first-order valence-electron chi connectivity index (χ1n) is 16.1. The number of aliphatic hydroxyl groups is 4. The summed E-state index contributed by atoms with van der Waals surface area (Å²) in [5, 5.41) is 51.2. The van der Waals surface area contributed by atoms with Gasteiger partial charge in [0.1, 0.15) is 29.9 Å². The van der Waals surface area contributed by atoms with Crippen LogP contribution in [0.15, 0.2) is 72.8 Å². The highest BCUT2D eigenvalue weighted by molar-refractivity contribution is 7.88. The fraction of sp³-hybridized carbons (Fsp3) is 0.429. The van der Waals surface area contributed by atoms with Crippen LogP contribution in [0, 0.1) is 11.7 Å². The lowest BCUT2D eigenvalue weighted by molar-refractivity contribution is -0.322. The third kappa shape index (κ3) is 8.32. The number of amides is 1. The molecule has 3 aromatic carbocycles. The van der Waals surface area contributed by atoms with Crippen molar-refractivity contribution in [1.82, 2.24) is 4.72 Å². The number of rotatable bonds is 14. The van der Waals surface area contributed by atoms with E-state index >= 15 is 0 Å². The Kier molecular flexibility index (Phi) is 11.3. The Labute approximate surface area is 288 Å². The molecule has 0 saturated carbocycles. The van der Waals surface area contributed by atoms with Gasteiger partial charge in [0, 0.05) is 19.2 Å². The summed E-state index contributed by atoms with van der Waals surface area (Å²) in [4.78, 5) is 26.9. The van der Waals surface area contributed by atoms with Gasteiger partial charge in [-0.25, -0.2) is 22.3 Å². The minimum Gasteiger partial charge on any atom is -0.479 e. The molecule has 13 nitrogen and oxygen atoms in total. The average Bonchev–Trinajstić information content (AvgIpc) is 3.07. The summed E-state index contributed by atoms with van der Waals surface area (Å²) in [5.41, 5.74) is 2.83. The molecule has 270 valence electrons. The van der Waals surface area contributed by atoms with Gasteiger partial charge in [-0.2, -0.15) is 0 Å². The number of aliphatic carboxylic acids is 1. The summed E-state index contributed by atoms with van der Waals surface area (Å²) < 4.78 is 49.8. The molecule has 1 amide bonds. The SMILES string of the molecule is C[C@@]1(Oc2ccc([C@@H]3[C@@H](CC[C@H](O)c4ccc(F)cc4)C(=O)N3c3ccc(CCCNS(C)(=O)=O)cc3)cc2)O[C@H](C(=O)O)[C@@H](O)[C@H](O)[C@H]1O. The highest BCUT2D eigenvalue weighted by Crippen LogP contribution is 2.47. The molecule has 3 aromatic rings. The van der Waals surface area contributed by atoms with Gasteiger partial charge in [-0.1, -0.05) is 36.4 Å². The smallest absolute Gasteiger partial charge is 0.335 e. The van der Waals surface area contributed by atoms with Crippen LogP contribution in [0.3, 0.4) is 0 Å². The Hall–Kier alpha value is -3.96. The standard InChI is InChI=1S/C35H41FN2O11S/c1-35(32(42)30(41)29(40)31(49-35)34(44)45)48-25-15-9-22(10-16-25)28-26(17-18-27(39)21-7-11-23(36)12-8-21)33(43)38(28)24-13-5-20(6-14-24)4-3-19-37-50(2,46)47/h5-16,26-32,37,39-42H,3-4,17-19H2,1-2H3,(H,44,45)/t26-,27+,28-,29+,30+,31+,32-,35-/m1/s1. The highest BCUT2D eigenvalue weighted by Gasteiger charge is 2.55. The van der Waals surface area contributed by atoms with E-state index < -0.39 is 70.1 Å². The quantitative estimate of drug-likeness (QED) is 0.105. The average molecular weight is 717 g/mol. The number of benzene rings is 3. The molecule has 0 radical (unpaired) electrons. The molecule has 5 rings (SSSR count). The van der Waals surface area contributed by atoms with Crippen molar-refractivity contribution in [3.8, 4) is 5.75 Å². The van der Waals surface area contributed by atoms with Crippen LogP contribution in [0.4, 0.5) is 10.1 Å². The molecular weight excluding hydrogens is 675 g/mol. The third-order valence-electron chi connectivity index (χ3n) is 9.11. The van der Waals surface area contributed by atoms with E-state index in [9.17, 15) is 47.9 Å². The summed E-state index contributed by atoms with van der Waals surface area (Å²) in [6, 6.07) is 18.9. The predicted molar refractivity (Wildman–Crippen MR) is 178 cm³/mol. The predicted octanol–water partition coefficient (Wildman–Crippen LogP) is 2.19. The van der Waals surface area contributed by atoms with Crippen LogP contribution in [0.25, 0.3) is 0 Å². The minimum atomic E-state index is -3.28. The van der Waals surface area contributed by atoms with Crippen LogP contribution in [0.1, 0.15) is 55.0 Å². The maximum Gasteiger partial charge on any atom is 0.335 e. The lowest BCUT2D eigenvalue weighted by Gasteiger charge is -2.48. The van der Waals surface area contributed by atoms with Crippen LogP contribution in [0.5, 0.6) is 5.75 Å². The van der Waals surface area contributed by atoms with Gasteiger partial charge in [0.05, 0.1) is 24.3 Å². The number of carbonyl (C=O) groups is 2. The summed E-state index contributed by atoms with van der Waals surface area (Å²) in [6.45, 7) is 1.54. The normalized spacial score (nSPS) is 27.4. The molecule has 0 aromatic heterocycles. The number of carboxylic acid groups (broad SMARTS) is 1. The van der Waals surface area contributed by atoms with Crippen molar-refractivity contribution in [3.05, 3.63) is 95.3 Å². The third-order valence-corrected chi connectivity index (χ3v) is 9.84. The zero-order valence-corrected chi connectivity index (χ0v) is 28.2. The van der Waals surface area contributed by atoms with E-state index in [-0.39, 0.29) is 18.1 Å². The Morgan fingerprint density at radius 3 is 2.26 bits per heavy atom. The van der Waals surface area contributed by atoms with E-state index in [2.05, 4.69) is 4.72 Å². The van der Waals surface area contributed by atoms with Crippen molar-refractivity contribution in [2.75, 3.05) is 17.7 Å². The summed E-state index contributed by atoms with van der Waals surface area (Å²) >= 11 is 0. The molecular formula is C35H41FN2O11S. The monoisotopic (exact) mass is 716 g/mol. The van der Waals surface area contributed by atoms with E-state index in [4.69, 9.17) is 9.47 Å². The Morgan fingerprint density at radius 1 is 1.02 bits per heavy atom. The van der Waals surface area contributed by atoms with Crippen LogP contribution >= 0.6 is 0 Å². The maximum absolute atomic E-state index is 13.6. The number of β-lactam (4-membered cyclic amide) rings is 1. The van der Waals surface area contributed by atoms with E-state index in [0.717, 1.165) is 11.8 Å². The molecule has 8 atom stereocenters. The molecule has 0 spiro atoms. The zero-order chi connectivity index (χ0) is 36.4. The van der Waals surface area contributed by atoms with Crippen molar-refractivity contribution >= 4 is 27.6 Å². The fourth-order valence-corrected chi connectivity index (χ4v) is 6.89. The van der Waals surface area contributed by atoms with E-state index in [0.29, 0.717) is 42.6 Å². The number of carboxylic acids is 1. The number of hydrogen-bond donors (Lipinski definition) is 6. The number of sulfonamides is 1. The molecule has 2 saturated heterocycles. The molecule has 2 fully saturated rings. The molecule has 6 N–H and O–H groups in total. The van der Waals surface area contributed by atoms with Gasteiger partial charge in [-0.05, 0) is 78.8 Å². The number of anilines is 1. The number of aryl methyl sites for hydroxylation is 1. The van der Waals surface area contributed by atoms with Crippen LogP contribution in [-0.4, -0.2) is 88.8 Å². The summed E-state index contributed by atoms with van der Waals surface area (Å²) in [7, 11) is -3.28. The van der Waals surface area contributed by atoms with Crippen molar-refractivity contribution in [1.29, 1.82) is 0 Å². The molecule has 2 aliphatic heterocycles. The van der Waals surface area contributed by atoms with Gasteiger partial charge >= 0.3 is 5.97 Å². The Morgan fingerprint density at radius 2 is 1.66 bits per heavy atom. The van der Waals surface area contributed by atoms with Crippen molar-refractivity contribution in [2.45, 2.75) is 75.0 Å². The number of hydrogen-bond acceptors (Lipinski definition) is 10. The van der Waals surface area contributed by atoms with E-state index in [1.165, 1.54) is 31.2 Å². The lowest BCUT2D eigenvalue weighted by Crippen LogP contribution is -2.66. The second-order valence-electron chi connectivity index (χ2n) is 12.8. The fourth-order valence-electron chi connectivity index (χ4n) is 6.38. The first-order valence-corrected chi connectivity index (χ1v) is 18.0. The topological polar surface area (TPSA) is 203 Å². The minimum absolute atomic E-state index is 0.151. The van der Waals surface area contributed by atoms with Crippen LogP contribution < -0.4 is 14.4 Å². The van der Waals surface area contributed by atoms with Crippen molar-refractivity contribution < 1.29 is 57.4 Å². The maximum atomic E-state index is 13.6. The number of ether oxygens (including phenoxy) is 2. The molecule has 0 bridgehead atoms. The molecule has 2 aliphatic rings. The molecule has 0 aliphatic carbocycles. The van der Waals surface area contributed by atoms with Crippen LogP contribution in [-0.2, 0) is 30.8 Å². The van der Waals surface area contributed by atoms with Gasteiger partial charge in [-0.3, -0.25) is 4.79 Å². The second kappa shape index (κ2) is 15.1. The largest absolute Gasteiger partial charge is 0.479 e. The second-order valence-corrected chi connectivity index (χ2v) is 14.7. The first kappa shape index (κ1) is 37.3. The van der Waals surface area contributed by atoms with E-state index in [1.54, 1.807) is 29.2 Å². The van der Waals surface area contributed by atoms with Gasteiger partial charge in [0.2, 0.25) is 21.7 Å². The van der Waals surface area contributed by atoms with Crippen molar-refractivity contribution in [2.24, 2.45) is 5.92 Å². The summed E-state index contributed by atoms with van der Waals surface area (Å²) in [6.07, 6.45) is -5.44. The Bertz CT molecular complexity index is 1760. The first-order chi connectivity index (χ1) is 23.6. The van der Waals surface area contributed by atoms with E-state index in [1.807, 2.05) is 24.3 Å². The molecule has 15 heteroatoms. The number of aliphatic hydroxyl groups excluding tert-OH is 4. The molecule has 0 unspecified atom stereocenters. The van der Waals surface area contributed by atoms with Gasteiger partial charge < -0.3 is 39.9 Å². The number of nitrogens with one attached hydrogen (secondary N) is 1. The lowest BCUT2D eigenvalue weighted by atomic mass is 9.78. The van der Waals surface area contributed by atoms with Gasteiger partial charge in [0.25, 0.3) is 0 Å². The summed E-state index contributed by atoms with van der Waals surface area (Å²) in [5.74, 6) is -4.53. The Balaban J connectivity index is 1.34. The molecule has 2 heterocycles. The zero-order valence-electron chi connectivity index (χ0n) is 27.4. The number of halogens is 1. The number of nitrogens with zero attached hydrogens (tertiary/aromatic N) is 1. The van der Waals surface area contributed by atoms with Gasteiger partial charge in [-0.15, -0.1) is 0 Å². The van der Waals surface area contributed by atoms with Crippen LogP contribution in [0.2, 0.25) is 0 Å². The highest BCUT2D eigenvalue weighted by atomic mass is 32.2. The number of carbonyl (C=O) groups excluding carboxylic acids is 1. The molecule has 50 heavy (non-hydrogen) atoms. The van der Waals surface area contributed by atoms with Gasteiger partial charge in [0.15, 0.2) is 6.10 Å². The van der Waals surface area contributed by atoms with Crippen molar-refractivity contribution in [3.63, 3.8) is 0 Å².